The first-order chi connectivity index (χ1) is 10.1. The van der Waals surface area contributed by atoms with Gasteiger partial charge < -0.3 is 15.0 Å². The van der Waals surface area contributed by atoms with Crippen LogP contribution in [0.5, 0.6) is 5.75 Å². The molecule has 5 nitrogen and oxygen atoms in total. The fourth-order valence-electron chi connectivity index (χ4n) is 2.27. The third-order valence-electron chi connectivity index (χ3n) is 3.22. The van der Waals surface area contributed by atoms with Gasteiger partial charge in [0.05, 0.1) is 18.1 Å². The summed E-state index contributed by atoms with van der Waals surface area (Å²) in [5.41, 5.74) is 6.46. The van der Waals surface area contributed by atoms with Crippen LogP contribution in [0.2, 0.25) is 0 Å². The molecule has 0 unspecified atom stereocenters. The fraction of sp³-hybridized carbons (Fsp3) is 0.429. The molecule has 2 aromatic rings. The zero-order valence-electron chi connectivity index (χ0n) is 11.7. The van der Waals surface area contributed by atoms with E-state index in [9.17, 15) is 9.18 Å². The minimum atomic E-state index is -0.454. The number of halogens is 2. The van der Waals surface area contributed by atoms with Crippen molar-refractivity contribution in [1.82, 2.24) is 9.55 Å². The zero-order valence-corrected chi connectivity index (χ0v) is 12.5. The van der Waals surface area contributed by atoms with Crippen molar-refractivity contribution >= 4 is 28.5 Å². The molecule has 1 aromatic carbocycles. The Morgan fingerprint density at radius 1 is 1.52 bits per heavy atom. The van der Waals surface area contributed by atoms with Crippen LogP contribution in [-0.2, 0) is 17.8 Å². The second-order valence-electron chi connectivity index (χ2n) is 4.66. The second-order valence-corrected chi connectivity index (χ2v) is 5.04. The normalized spacial score (nSPS) is 11.0. The second kappa shape index (κ2) is 6.76. The van der Waals surface area contributed by atoms with E-state index >= 15 is 0 Å². The van der Waals surface area contributed by atoms with Crippen molar-refractivity contribution in [1.29, 1.82) is 0 Å². The lowest BCUT2D eigenvalue weighted by molar-refractivity contribution is -0.118. The van der Waals surface area contributed by atoms with Crippen LogP contribution in [0.1, 0.15) is 18.7 Å². The Hall–Kier alpha value is -1.82. The fourth-order valence-corrected chi connectivity index (χ4v) is 2.44. The van der Waals surface area contributed by atoms with Crippen LogP contribution >= 0.6 is 11.6 Å². The Morgan fingerprint density at radius 3 is 2.90 bits per heavy atom. The highest BCUT2D eigenvalue weighted by Gasteiger charge is 2.14. The number of nitrogens with zero attached hydrogens (tertiary/aromatic N) is 2. The molecule has 0 aliphatic heterocycles. The largest absolute Gasteiger partial charge is 0.494 e. The summed E-state index contributed by atoms with van der Waals surface area (Å²) in [6, 6.07) is 2.95. The predicted molar refractivity (Wildman–Crippen MR) is 79.1 cm³/mol. The lowest BCUT2D eigenvalue weighted by Gasteiger charge is -2.08. The summed E-state index contributed by atoms with van der Waals surface area (Å²) in [7, 11) is 1.41. The molecule has 0 saturated heterocycles. The van der Waals surface area contributed by atoms with Crippen LogP contribution in [0.3, 0.4) is 0 Å². The molecule has 0 bridgehead atoms. The van der Waals surface area contributed by atoms with Gasteiger partial charge in [-0.05, 0) is 6.42 Å². The third kappa shape index (κ3) is 3.44. The summed E-state index contributed by atoms with van der Waals surface area (Å²) in [6.07, 6.45) is 1.45. The van der Waals surface area contributed by atoms with Gasteiger partial charge in [-0.2, -0.15) is 0 Å². The van der Waals surface area contributed by atoms with Crippen molar-refractivity contribution < 1.29 is 13.9 Å². The highest BCUT2D eigenvalue weighted by Crippen LogP contribution is 2.26. The van der Waals surface area contributed by atoms with Crippen LogP contribution < -0.4 is 10.5 Å². The van der Waals surface area contributed by atoms with Gasteiger partial charge >= 0.3 is 0 Å². The number of ether oxygens (including phenoxy) is 1. The number of carbonyl (C=O) groups excluding carboxylic acids is 1. The maximum Gasteiger partial charge on any atom is 0.217 e. The maximum atomic E-state index is 13.7. The molecule has 2 N–H and O–H groups in total. The number of aromatic nitrogens is 2. The molecule has 0 fully saturated rings. The molecule has 0 atom stereocenters. The number of imidazole rings is 1. The average Bonchev–Trinajstić information content (AvgIpc) is 2.75. The molecule has 0 aliphatic carbocycles. The molecule has 1 heterocycles. The topological polar surface area (TPSA) is 70.1 Å². The molecule has 114 valence electrons. The van der Waals surface area contributed by atoms with Gasteiger partial charge in [-0.1, -0.05) is 0 Å². The van der Waals surface area contributed by atoms with Crippen LogP contribution in [0.15, 0.2) is 12.1 Å². The number of alkyl halides is 1. The zero-order chi connectivity index (χ0) is 15.4. The molecule has 2 rings (SSSR count). The van der Waals surface area contributed by atoms with Gasteiger partial charge in [-0.3, -0.25) is 4.79 Å². The van der Waals surface area contributed by atoms with E-state index in [1.165, 1.54) is 13.2 Å². The van der Waals surface area contributed by atoms with E-state index in [0.29, 0.717) is 30.8 Å². The molecule has 7 heteroatoms. The van der Waals surface area contributed by atoms with Gasteiger partial charge in [0.2, 0.25) is 5.91 Å². The number of methoxy groups -OCH3 is 1. The summed E-state index contributed by atoms with van der Waals surface area (Å²) < 4.78 is 20.7. The Kier molecular flexibility index (Phi) is 5.01. The smallest absolute Gasteiger partial charge is 0.217 e. The molecule has 1 aromatic heterocycles. The van der Waals surface area contributed by atoms with Gasteiger partial charge in [-0.25, -0.2) is 9.37 Å². The minimum Gasteiger partial charge on any atom is -0.494 e. The molecule has 0 aliphatic rings. The van der Waals surface area contributed by atoms with E-state index in [1.807, 2.05) is 4.57 Å². The highest BCUT2D eigenvalue weighted by atomic mass is 35.5. The van der Waals surface area contributed by atoms with Crippen molar-refractivity contribution in [2.75, 3.05) is 13.0 Å². The Balaban J connectivity index is 2.42. The summed E-state index contributed by atoms with van der Waals surface area (Å²) in [5, 5.41) is 0. The van der Waals surface area contributed by atoms with E-state index in [1.54, 1.807) is 6.07 Å². The Morgan fingerprint density at radius 2 is 2.29 bits per heavy atom. The standard InChI is InChI=1S/C14H17ClFN3O2/c1-21-12-8-11-10(7-9(12)16)18-14(4-5-15)19(11)6-2-3-13(17)20/h7-8H,2-6H2,1H3,(H2,17,20). The minimum absolute atomic E-state index is 0.163. The quantitative estimate of drug-likeness (QED) is 0.797. The van der Waals surface area contributed by atoms with E-state index in [-0.39, 0.29) is 18.1 Å². The first-order valence-electron chi connectivity index (χ1n) is 6.63. The summed E-state index contributed by atoms with van der Waals surface area (Å²) >= 11 is 5.78. The van der Waals surface area contributed by atoms with E-state index in [2.05, 4.69) is 4.98 Å². The Labute approximate surface area is 126 Å². The number of primary amides is 1. The molecule has 0 spiro atoms. The maximum absolute atomic E-state index is 13.7. The van der Waals surface area contributed by atoms with Crippen LogP contribution in [0.25, 0.3) is 11.0 Å². The van der Waals surface area contributed by atoms with E-state index in [0.717, 1.165) is 11.3 Å². The number of hydrogen-bond acceptors (Lipinski definition) is 3. The lowest BCUT2D eigenvalue weighted by Crippen LogP contribution is -2.12. The van der Waals surface area contributed by atoms with Crippen molar-refractivity contribution in [3.63, 3.8) is 0 Å². The first-order valence-corrected chi connectivity index (χ1v) is 7.17. The molecule has 0 saturated carbocycles. The lowest BCUT2D eigenvalue weighted by atomic mass is 10.2. The van der Waals surface area contributed by atoms with Crippen molar-refractivity contribution in [2.45, 2.75) is 25.8 Å². The van der Waals surface area contributed by atoms with Gasteiger partial charge in [-0.15, -0.1) is 11.6 Å². The average molecular weight is 314 g/mol. The number of rotatable bonds is 7. The first kappa shape index (κ1) is 15.6. The van der Waals surface area contributed by atoms with Crippen molar-refractivity contribution in [3.8, 4) is 5.75 Å². The number of nitrogens with two attached hydrogens (primary N) is 1. The molecular formula is C14H17ClFN3O2. The molecule has 21 heavy (non-hydrogen) atoms. The summed E-state index contributed by atoms with van der Waals surface area (Å²) in [4.78, 5) is 15.3. The monoisotopic (exact) mass is 313 g/mol. The Bertz CT molecular complexity index is 657. The number of hydrogen-bond donors (Lipinski definition) is 1. The summed E-state index contributed by atoms with van der Waals surface area (Å²) in [6.45, 7) is 0.570. The van der Waals surface area contributed by atoms with E-state index < -0.39 is 5.82 Å². The highest BCUT2D eigenvalue weighted by molar-refractivity contribution is 6.17. The number of benzene rings is 1. The van der Waals surface area contributed by atoms with Crippen LogP contribution in [0.4, 0.5) is 4.39 Å². The van der Waals surface area contributed by atoms with Crippen LogP contribution in [-0.4, -0.2) is 28.4 Å². The molecular weight excluding hydrogens is 297 g/mol. The van der Waals surface area contributed by atoms with Crippen molar-refractivity contribution in [2.24, 2.45) is 5.73 Å². The van der Waals surface area contributed by atoms with Gasteiger partial charge in [0.15, 0.2) is 11.6 Å². The number of fused-ring (bicyclic) bond motifs is 1. The molecule has 0 radical (unpaired) electrons. The van der Waals surface area contributed by atoms with Crippen LogP contribution in [0, 0.1) is 5.82 Å². The number of amides is 1. The van der Waals surface area contributed by atoms with Gasteiger partial charge in [0.1, 0.15) is 5.82 Å². The van der Waals surface area contributed by atoms with E-state index in [4.69, 9.17) is 22.1 Å². The number of carbonyl (C=O) groups is 1. The summed E-state index contributed by atoms with van der Waals surface area (Å²) in [5.74, 6) is 0.540. The SMILES string of the molecule is COc1cc2c(cc1F)nc(CCCl)n2CCCC(N)=O. The van der Waals surface area contributed by atoms with Gasteiger partial charge in [0.25, 0.3) is 0 Å². The van der Waals surface area contributed by atoms with Crippen molar-refractivity contribution in [3.05, 3.63) is 23.8 Å². The number of aryl methyl sites for hydroxylation is 2. The molecule has 1 amide bonds. The van der Waals surface area contributed by atoms with Gasteiger partial charge in [0, 0.05) is 37.4 Å². The third-order valence-corrected chi connectivity index (χ3v) is 3.41. The predicted octanol–water partition coefficient (Wildman–Crippen LogP) is 2.23.